The van der Waals surface area contributed by atoms with E-state index in [-0.39, 0.29) is 6.61 Å². The van der Waals surface area contributed by atoms with E-state index < -0.39 is 0 Å². The highest BCUT2D eigenvalue weighted by Crippen LogP contribution is 2.28. The van der Waals surface area contributed by atoms with Gasteiger partial charge in [-0.25, -0.2) is 0 Å². The summed E-state index contributed by atoms with van der Waals surface area (Å²) < 4.78 is 6.62. The van der Waals surface area contributed by atoms with E-state index in [0.29, 0.717) is 0 Å². The average molecular weight is 255 g/mol. The number of fused-ring (bicyclic) bond motifs is 1. The van der Waals surface area contributed by atoms with Crippen LogP contribution in [-0.2, 0) is 13.0 Å². The molecule has 1 N–H and O–H groups in total. The van der Waals surface area contributed by atoms with Crippen LogP contribution in [0, 0.1) is 0 Å². The van der Waals surface area contributed by atoms with Gasteiger partial charge in [-0.3, -0.25) is 0 Å². The summed E-state index contributed by atoms with van der Waals surface area (Å²) in [6.07, 6.45) is 0.808. The summed E-state index contributed by atoms with van der Waals surface area (Å²) in [4.78, 5) is 0. The zero-order valence-corrected chi connectivity index (χ0v) is 9.47. The lowest BCUT2D eigenvalue weighted by Crippen LogP contribution is -1.86. The van der Waals surface area contributed by atoms with Gasteiger partial charge in [0.1, 0.15) is 11.3 Å². The summed E-state index contributed by atoms with van der Waals surface area (Å²) in [6.45, 7) is 2.05. The Hall–Kier alpha value is -0.800. The second-order valence-electron chi connectivity index (χ2n) is 3.16. The molecule has 0 spiro atoms. The van der Waals surface area contributed by atoms with Crippen molar-refractivity contribution in [2.45, 2.75) is 20.0 Å². The lowest BCUT2D eigenvalue weighted by atomic mass is 10.1. The van der Waals surface area contributed by atoms with Crippen LogP contribution < -0.4 is 0 Å². The Morgan fingerprint density at radius 2 is 2.21 bits per heavy atom. The molecule has 2 aromatic rings. The minimum Gasteiger partial charge on any atom is -0.461 e. The Balaban J connectivity index is 2.74. The fourth-order valence-electron chi connectivity index (χ4n) is 1.63. The standard InChI is InChI=1S/C11H11BrO2/c1-2-10-9(6-13)8-5-7(12)3-4-11(8)14-10/h3-5,13H,2,6H2,1H3. The van der Waals surface area contributed by atoms with Crippen molar-refractivity contribution in [2.75, 3.05) is 0 Å². The van der Waals surface area contributed by atoms with Crippen LogP contribution in [0.25, 0.3) is 11.0 Å². The highest BCUT2D eigenvalue weighted by atomic mass is 79.9. The molecular formula is C11H11BrO2. The summed E-state index contributed by atoms with van der Waals surface area (Å²) in [7, 11) is 0. The van der Waals surface area contributed by atoms with E-state index in [1.54, 1.807) is 0 Å². The number of hydrogen-bond donors (Lipinski definition) is 1. The largest absolute Gasteiger partial charge is 0.461 e. The summed E-state index contributed by atoms with van der Waals surface area (Å²) in [5.41, 5.74) is 1.75. The molecule has 0 fully saturated rings. The molecule has 14 heavy (non-hydrogen) atoms. The quantitative estimate of drug-likeness (QED) is 0.893. The first kappa shape index (κ1) is 9.74. The molecule has 1 aromatic heterocycles. The van der Waals surface area contributed by atoms with Crippen LogP contribution in [0.15, 0.2) is 27.1 Å². The van der Waals surface area contributed by atoms with Crippen molar-refractivity contribution in [2.24, 2.45) is 0 Å². The highest BCUT2D eigenvalue weighted by Gasteiger charge is 2.11. The summed E-state index contributed by atoms with van der Waals surface area (Å²) in [6, 6.07) is 5.83. The third kappa shape index (κ3) is 1.47. The van der Waals surface area contributed by atoms with Crippen LogP contribution in [0.4, 0.5) is 0 Å². The van der Waals surface area contributed by atoms with Gasteiger partial charge in [-0.15, -0.1) is 0 Å². The lowest BCUT2D eigenvalue weighted by molar-refractivity contribution is 0.279. The van der Waals surface area contributed by atoms with E-state index in [9.17, 15) is 5.11 Å². The van der Waals surface area contributed by atoms with Gasteiger partial charge < -0.3 is 9.52 Å². The smallest absolute Gasteiger partial charge is 0.134 e. The molecule has 0 unspecified atom stereocenters. The third-order valence-corrected chi connectivity index (χ3v) is 2.81. The van der Waals surface area contributed by atoms with E-state index in [1.807, 2.05) is 25.1 Å². The molecule has 74 valence electrons. The fraction of sp³-hybridized carbons (Fsp3) is 0.273. The molecule has 0 atom stereocenters. The van der Waals surface area contributed by atoms with E-state index in [2.05, 4.69) is 15.9 Å². The van der Waals surface area contributed by atoms with Crippen LogP contribution in [0.2, 0.25) is 0 Å². The van der Waals surface area contributed by atoms with Gasteiger partial charge in [0.15, 0.2) is 0 Å². The molecular weight excluding hydrogens is 244 g/mol. The average Bonchev–Trinajstić information content (AvgIpc) is 2.54. The maximum Gasteiger partial charge on any atom is 0.134 e. The van der Waals surface area contributed by atoms with Gasteiger partial charge in [0.05, 0.1) is 6.61 Å². The van der Waals surface area contributed by atoms with E-state index in [4.69, 9.17) is 4.42 Å². The number of aryl methyl sites for hydroxylation is 1. The number of hydrogen-bond acceptors (Lipinski definition) is 2. The molecule has 0 aliphatic heterocycles. The van der Waals surface area contributed by atoms with Crippen LogP contribution in [-0.4, -0.2) is 5.11 Å². The lowest BCUT2D eigenvalue weighted by Gasteiger charge is -1.94. The second-order valence-corrected chi connectivity index (χ2v) is 4.07. The minimum absolute atomic E-state index is 0.0344. The van der Waals surface area contributed by atoms with Crippen LogP contribution in [0.1, 0.15) is 18.2 Å². The van der Waals surface area contributed by atoms with Crippen molar-refractivity contribution in [3.05, 3.63) is 34.0 Å². The highest BCUT2D eigenvalue weighted by molar-refractivity contribution is 9.10. The molecule has 0 radical (unpaired) electrons. The molecule has 2 rings (SSSR count). The molecule has 3 heteroatoms. The van der Waals surface area contributed by atoms with Crippen LogP contribution in [0.5, 0.6) is 0 Å². The molecule has 0 aliphatic carbocycles. The molecule has 0 saturated heterocycles. The van der Waals surface area contributed by atoms with Crippen molar-refractivity contribution in [1.82, 2.24) is 0 Å². The number of aliphatic hydroxyl groups is 1. The maximum absolute atomic E-state index is 9.25. The first-order valence-corrected chi connectivity index (χ1v) is 5.36. The van der Waals surface area contributed by atoms with Gasteiger partial charge in [-0.2, -0.15) is 0 Å². The number of rotatable bonds is 2. The van der Waals surface area contributed by atoms with Gasteiger partial charge in [-0.05, 0) is 18.2 Å². The molecule has 1 aromatic carbocycles. The maximum atomic E-state index is 9.25. The zero-order chi connectivity index (χ0) is 10.1. The first-order chi connectivity index (χ1) is 6.76. The van der Waals surface area contributed by atoms with Crippen molar-refractivity contribution >= 4 is 26.9 Å². The van der Waals surface area contributed by atoms with Gasteiger partial charge in [0.2, 0.25) is 0 Å². The van der Waals surface area contributed by atoms with E-state index in [1.165, 1.54) is 0 Å². The van der Waals surface area contributed by atoms with Crippen LogP contribution >= 0.6 is 15.9 Å². The Labute approximate surface area is 90.7 Å². The Bertz CT molecular complexity index is 460. The van der Waals surface area contributed by atoms with Crippen LogP contribution in [0.3, 0.4) is 0 Å². The topological polar surface area (TPSA) is 33.4 Å². The summed E-state index contributed by atoms with van der Waals surface area (Å²) in [5.74, 6) is 0.876. The van der Waals surface area contributed by atoms with E-state index >= 15 is 0 Å². The van der Waals surface area contributed by atoms with Crippen molar-refractivity contribution < 1.29 is 9.52 Å². The Morgan fingerprint density at radius 3 is 2.86 bits per heavy atom. The minimum atomic E-state index is 0.0344. The molecule has 0 saturated carbocycles. The van der Waals surface area contributed by atoms with Gasteiger partial charge in [0, 0.05) is 21.8 Å². The molecule has 2 nitrogen and oxygen atoms in total. The number of aliphatic hydroxyl groups excluding tert-OH is 1. The van der Waals surface area contributed by atoms with E-state index in [0.717, 1.165) is 33.2 Å². The third-order valence-electron chi connectivity index (χ3n) is 2.32. The van der Waals surface area contributed by atoms with Crippen molar-refractivity contribution in [3.63, 3.8) is 0 Å². The molecule has 0 aliphatic rings. The Kier molecular flexibility index (Phi) is 2.61. The number of benzene rings is 1. The fourth-order valence-corrected chi connectivity index (χ4v) is 1.99. The number of furan rings is 1. The zero-order valence-electron chi connectivity index (χ0n) is 7.88. The SMILES string of the molecule is CCc1oc2ccc(Br)cc2c1CO. The Morgan fingerprint density at radius 1 is 1.43 bits per heavy atom. The first-order valence-electron chi connectivity index (χ1n) is 4.57. The summed E-state index contributed by atoms with van der Waals surface area (Å²) >= 11 is 3.40. The molecule has 0 amide bonds. The normalized spacial score (nSPS) is 11.1. The van der Waals surface area contributed by atoms with Gasteiger partial charge >= 0.3 is 0 Å². The molecule has 1 heterocycles. The van der Waals surface area contributed by atoms with Crippen molar-refractivity contribution in [3.8, 4) is 0 Å². The van der Waals surface area contributed by atoms with Gasteiger partial charge in [0.25, 0.3) is 0 Å². The molecule has 0 bridgehead atoms. The predicted octanol–water partition coefficient (Wildman–Crippen LogP) is 3.25. The predicted molar refractivity (Wildman–Crippen MR) is 59.2 cm³/mol. The monoisotopic (exact) mass is 254 g/mol. The van der Waals surface area contributed by atoms with Gasteiger partial charge in [-0.1, -0.05) is 22.9 Å². The van der Waals surface area contributed by atoms with Crippen molar-refractivity contribution in [1.29, 1.82) is 0 Å². The number of halogens is 1. The second kappa shape index (κ2) is 3.75. The summed E-state index contributed by atoms with van der Waals surface area (Å²) in [5, 5.41) is 10.3.